The predicted octanol–water partition coefficient (Wildman–Crippen LogP) is 2.24. The van der Waals surface area contributed by atoms with Crippen LogP contribution in [0.25, 0.3) is 0 Å². The molecule has 1 atom stereocenters. The highest BCUT2D eigenvalue weighted by atomic mass is 16.4. The van der Waals surface area contributed by atoms with Crippen molar-refractivity contribution in [3.05, 3.63) is 11.8 Å². The van der Waals surface area contributed by atoms with Gasteiger partial charge in [0.1, 0.15) is 5.70 Å². The number of carboxylic acid groups (broad SMARTS) is 1. The number of rotatable bonds is 9. The highest BCUT2D eigenvalue weighted by Crippen LogP contribution is 2.51. The van der Waals surface area contributed by atoms with Gasteiger partial charge in [-0.25, -0.2) is 4.79 Å². The molecule has 0 saturated heterocycles. The lowest BCUT2D eigenvalue weighted by Crippen LogP contribution is -2.29. The van der Waals surface area contributed by atoms with Gasteiger partial charge in [-0.15, -0.1) is 0 Å². The van der Waals surface area contributed by atoms with E-state index in [1.165, 1.54) is 0 Å². The fourth-order valence-corrected chi connectivity index (χ4v) is 2.32. The van der Waals surface area contributed by atoms with Gasteiger partial charge in [-0.3, -0.25) is 4.79 Å². The largest absolute Gasteiger partial charge is 0.477 e. The molecule has 0 aromatic rings. The molecule has 5 heteroatoms. The Morgan fingerprint density at radius 3 is 2.38 bits per heavy atom. The zero-order valence-corrected chi connectivity index (χ0v) is 13.6. The van der Waals surface area contributed by atoms with Crippen LogP contribution in [-0.2, 0) is 9.59 Å². The summed E-state index contributed by atoms with van der Waals surface area (Å²) in [7, 11) is 4.08. The molecule has 1 unspecified atom stereocenters. The molecule has 21 heavy (non-hydrogen) atoms. The van der Waals surface area contributed by atoms with Gasteiger partial charge in [0.05, 0.1) is 0 Å². The number of unbranched alkanes of at least 4 members (excludes halogenated alkanes) is 3. The summed E-state index contributed by atoms with van der Waals surface area (Å²) in [5.74, 6) is -1.28. The van der Waals surface area contributed by atoms with Gasteiger partial charge >= 0.3 is 5.97 Å². The van der Waals surface area contributed by atoms with E-state index >= 15 is 0 Å². The van der Waals surface area contributed by atoms with Gasteiger partial charge in [-0.05, 0) is 51.7 Å². The third-order valence-corrected chi connectivity index (χ3v) is 3.98. The number of nitrogens with zero attached hydrogens (tertiary/aromatic N) is 1. The predicted molar refractivity (Wildman–Crippen MR) is 82.8 cm³/mol. The molecule has 1 aliphatic carbocycles. The molecule has 1 amide bonds. The summed E-state index contributed by atoms with van der Waals surface area (Å²) < 4.78 is 0. The first-order valence-electron chi connectivity index (χ1n) is 7.63. The molecule has 0 spiro atoms. The third-order valence-electron chi connectivity index (χ3n) is 3.98. The first-order valence-corrected chi connectivity index (χ1v) is 7.63. The molecule has 0 heterocycles. The van der Waals surface area contributed by atoms with Gasteiger partial charge in [0.15, 0.2) is 0 Å². The van der Waals surface area contributed by atoms with Crippen molar-refractivity contribution in [3.63, 3.8) is 0 Å². The van der Waals surface area contributed by atoms with E-state index in [2.05, 4.69) is 10.2 Å². The maximum absolute atomic E-state index is 11.9. The minimum atomic E-state index is -1.06. The van der Waals surface area contributed by atoms with Crippen molar-refractivity contribution in [1.29, 1.82) is 0 Å². The first-order chi connectivity index (χ1) is 9.74. The van der Waals surface area contributed by atoms with Crippen LogP contribution >= 0.6 is 0 Å². The topological polar surface area (TPSA) is 69.6 Å². The molecule has 1 rings (SSSR count). The lowest BCUT2D eigenvalue weighted by molar-refractivity contribution is -0.135. The second-order valence-electron chi connectivity index (χ2n) is 6.81. The fourth-order valence-electron chi connectivity index (χ4n) is 2.32. The molecule has 120 valence electrons. The molecule has 5 nitrogen and oxygen atoms in total. The van der Waals surface area contributed by atoms with Crippen molar-refractivity contribution in [2.24, 2.45) is 11.3 Å². The minimum Gasteiger partial charge on any atom is -0.477 e. The van der Waals surface area contributed by atoms with E-state index in [0.29, 0.717) is 6.42 Å². The maximum atomic E-state index is 11.9. The number of aliphatic carboxylic acids is 1. The van der Waals surface area contributed by atoms with E-state index in [-0.39, 0.29) is 22.9 Å². The number of carboxylic acids is 1. The van der Waals surface area contributed by atoms with Crippen molar-refractivity contribution in [2.75, 3.05) is 20.6 Å². The zero-order chi connectivity index (χ0) is 16.0. The molecule has 1 fully saturated rings. The van der Waals surface area contributed by atoms with Crippen LogP contribution in [0.5, 0.6) is 0 Å². The van der Waals surface area contributed by atoms with E-state index in [0.717, 1.165) is 32.2 Å². The van der Waals surface area contributed by atoms with Gasteiger partial charge in [0.2, 0.25) is 5.91 Å². The summed E-state index contributed by atoms with van der Waals surface area (Å²) in [6, 6.07) is 0. The van der Waals surface area contributed by atoms with E-state index in [1.54, 1.807) is 6.08 Å². The number of hydrogen-bond acceptors (Lipinski definition) is 3. The Balaban J connectivity index is 2.34. The molecule has 0 bridgehead atoms. The SMILES string of the molecule is CN(C)CCCCC/C=C(/NC(=O)C1CC1(C)C)C(=O)O. The first kappa shape index (κ1) is 17.7. The number of allylic oxidation sites excluding steroid dienone is 1. The van der Waals surface area contributed by atoms with Gasteiger partial charge < -0.3 is 15.3 Å². The van der Waals surface area contributed by atoms with Gasteiger partial charge in [-0.2, -0.15) is 0 Å². The number of carbonyl (C=O) groups is 2. The zero-order valence-electron chi connectivity index (χ0n) is 13.6. The van der Waals surface area contributed by atoms with E-state index in [4.69, 9.17) is 5.11 Å². The fraction of sp³-hybridized carbons (Fsp3) is 0.750. The van der Waals surface area contributed by atoms with Crippen molar-refractivity contribution in [3.8, 4) is 0 Å². The molecule has 0 aromatic carbocycles. The second kappa shape index (κ2) is 7.59. The van der Waals surface area contributed by atoms with Crippen molar-refractivity contribution < 1.29 is 14.7 Å². The van der Waals surface area contributed by atoms with Crippen LogP contribution in [0, 0.1) is 11.3 Å². The monoisotopic (exact) mass is 296 g/mol. The summed E-state index contributed by atoms with van der Waals surface area (Å²) in [6.07, 6.45) is 6.25. The molecule has 0 aromatic heterocycles. The van der Waals surface area contributed by atoms with Crippen LogP contribution in [0.3, 0.4) is 0 Å². The van der Waals surface area contributed by atoms with E-state index in [1.807, 2.05) is 27.9 Å². The average molecular weight is 296 g/mol. The molecule has 1 saturated carbocycles. The molecular weight excluding hydrogens is 268 g/mol. The minimum absolute atomic E-state index is 0.0138. The number of carbonyl (C=O) groups excluding carboxylic acids is 1. The second-order valence-corrected chi connectivity index (χ2v) is 6.81. The van der Waals surface area contributed by atoms with Gasteiger partial charge in [0, 0.05) is 5.92 Å². The van der Waals surface area contributed by atoms with Crippen LogP contribution in [0.4, 0.5) is 0 Å². The molecule has 0 aliphatic heterocycles. The quantitative estimate of drug-likeness (QED) is 0.506. The standard InChI is InChI=1S/C16H28N2O3/c1-16(2)11-12(16)14(19)17-13(15(20)21)9-7-5-6-8-10-18(3)4/h9,12H,5-8,10-11H2,1-4H3,(H,17,19)(H,20,21)/b13-9+. The number of amides is 1. The third kappa shape index (κ3) is 6.29. The van der Waals surface area contributed by atoms with Crippen LogP contribution in [0.2, 0.25) is 0 Å². The number of nitrogens with one attached hydrogen (secondary N) is 1. The molecule has 1 aliphatic rings. The van der Waals surface area contributed by atoms with E-state index in [9.17, 15) is 9.59 Å². The Bertz CT molecular complexity index is 414. The van der Waals surface area contributed by atoms with Crippen molar-refractivity contribution in [1.82, 2.24) is 10.2 Å². The Labute approximate surface area is 127 Å². The smallest absolute Gasteiger partial charge is 0.352 e. The van der Waals surface area contributed by atoms with Gasteiger partial charge in [0.25, 0.3) is 0 Å². The lowest BCUT2D eigenvalue weighted by Gasteiger charge is -2.09. The summed E-state index contributed by atoms with van der Waals surface area (Å²) in [5, 5.41) is 11.7. The molecule has 2 N–H and O–H groups in total. The highest BCUT2D eigenvalue weighted by molar-refractivity contribution is 5.94. The number of hydrogen-bond donors (Lipinski definition) is 2. The van der Waals surface area contributed by atoms with Crippen molar-refractivity contribution >= 4 is 11.9 Å². The summed E-state index contributed by atoms with van der Waals surface area (Å²) >= 11 is 0. The van der Waals surface area contributed by atoms with Crippen LogP contribution in [-0.4, -0.2) is 42.5 Å². The van der Waals surface area contributed by atoms with Gasteiger partial charge in [-0.1, -0.05) is 26.3 Å². The lowest BCUT2D eigenvalue weighted by atomic mass is 10.1. The molecular formula is C16H28N2O3. The Kier molecular flexibility index (Phi) is 6.40. The Morgan fingerprint density at radius 2 is 1.90 bits per heavy atom. The highest BCUT2D eigenvalue weighted by Gasteiger charge is 2.50. The summed E-state index contributed by atoms with van der Waals surface area (Å²) in [5.41, 5.74) is 0.0372. The summed E-state index contributed by atoms with van der Waals surface area (Å²) in [4.78, 5) is 25.2. The Hall–Kier alpha value is -1.36. The van der Waals surface area contributed by atoms with Crippen LogP contribution in [0.15, 0.2) is 11.8 Å². The van der Waals surface area contributed by atoms with Crippen LogP contribution < -0.4 is 5.32 Å². The summed E-state index contributed by atoms with van der Waals surface area (Å²) in [6.45, 7) is 5.08. The maximum Gasteiger partial charge on any atom is 0.352 e. The Morgan fingerprint density at radius 1 is 1.29 bits per heavy atom. The van der Waals surface area contributed by atoms with Crippen molar-refractivity contribution in [2.45, 2.75) is 46.0 Å². The molecule has 0 radical (unpaired) electrons. The average Bonchev–Trinajstić information content (AvgIpc) is 3.00. The van der Waals surface area contributed by atoms with Crippen LogP contribution in [0.1, 0.15) is 46.0 Å². The van der Waals surface area contributed by atoms with E-state index < -0.39 is 5.97 Å². The normalized spacial score (nSPS) is 20.4.